The van der Waals surface area contributed by atoms with Gasteiger partial charge in [-0.05, 0) is 37.3 Å². The Labute approximate surface area is 204 Å². The number of rotatable bonds is 6. The average molecular weight is 519 g/mol. The quantitative estimate of drug-likeness (QED) is 0.400. The molecular weight excluding hydrogens is 497 g/mol. The zero-order valence-corrected chi connectivity index (χ0v) is 19.9. The van der Waals surface area contributed by atoms with Gasteiger partial charge in [-0.3, -0.25) is 4.79 Å². The van der Waals surface area contributed by atoms with Crippen LogP contribution in [0.25, 0.3) is 11.2 Å². The molecule has 12 heteroatoms. The largest absolute Gasteiger partial charge is 0.428 e. The Balaban J connectivity index is 1.78. The molecular formula is C24H21F3N4O4S. The second kappa shape index (κ2) is 9.03. The van der Waals surface area contributed by atoms with Crippen molar-refractivity contribution in [2.24, 2.45) is 0 Å². The standard InChI is InChI=1S/C24H21F3N4O4S/c1-3-31-20-18(30-22(31)23(33,24(25,26)27)15-8-5-4-6-9-15)12-13-19(29-20)21(32)28-16-10-7-11-17(14-16)36(2,34)35/h4-14,33H,3H2,1-2H3,(H,28,32). The summed E-state index contributed by atoms with van der Waals surface area (Å²) in [6, 6.07) is 14.8. The van der Waals surface area contributed by atoms with Crippen LogP contribution in [0.4, 0.5) is 18.9 Å². The van der Waals surface area contributed by atoms with Crippen LogP contribution in [0.2, 0.25) is 0 Å². The first-order valence-corrected chi connectivity index (χ1v) is 12.6. The molecule has 0 aliphatic heterocycles. The summed E-state index contributed by atoms with van der Waals surface area (Å²) < 4.78 is 67.4. The molecule has 188 valence electrons. The fraction of sp³-hybridized carbons (Fsp3) is 0.208. The molecule has 0 bridgehead atoms. The number of anilines is 1. The average Bonchev–Trinajstić information content (AvgIpc) is 3.21. The number of amides is 1. The highest BCUT2D eigenvalue weighted by molar-refractivity contribution is 7.90. The molecule has 4 rings (SSSR count). The van der Waals surface area contributed by atoms with Gasteiger partial charge in [0.15, 0.2) is 21.3 Å². The predicted octanol–water partition coefficient (Wildman–Crippen LogP) is 3.91. The number of sulfone groups is 1. The van der Waals surface area contributed by atoms with E-state index >= 15 is 0 Å². The fourth-order valence-corrected chi connectivity index (χ4v) is 4.47. The lowest BCUT2D eigenvalue weighted by Gasteiger charge is -2.30. The van der Waals surface area contributed by atoms with Crippen LogP contribution in [0, 0.1) is 0 Å². The van der Waals surface area contributed by atoms with E-state index in [1.54, 1.807) is 6.92 Å². The number of imidazole rings is 1. The van der Waals surface area contributed by atoms with Crippen molar-refractivity contribution in [3.63, 3.8) is 0 Å². The number of aliphatic hydroxyl groups is 1. The fourth-order valence-electron chi connectivity index (χ4n) is 3.80. The number of pyridine rings is 1. The molecule has 0 saturated carbocycles. The molecule has 4 aromatic rings. The Morgan fingerprint density at radius 2 is 1.72 bits per heavy atom. The van der Waals surface area contributed by atoms with Gasteiger partial charge >= 0.3 is 6.18 Å². The van der Waals surface area contributed by atoms with Crippen molar-refractivity contribution in [2.75, 3.05) is 11.6 Å². The van der Waals surface area contributed by atoms with Crippen LogP contribution in [-0.4, -0.2) is 46.4 Å². The van der Waals surface area contributed by atoms with Gasteiger partial charge in [0, 0.05) is 24.1 Å². The first-order valence-electron chi connectivity index (χ1n) is 10.7. The topological polar surface area (TPSA) is 114 Å². The number of hydrogen-bond donors (Lipinski definition) is 2. The molecule has 2 heterocycles. The minimum absolute atomic E-state index is 0.00441. The number of halogens is 3. The number of carbonyl (C=O) groups is 1. The predicted molar refractivity (Wildman–Crippen MR) is 126 cm³/mol. The van der Waals surface area contributed by atoms with Crippen molar-refractivity contribution in [2.45, 2.75) is 30.1 Å². The number of nitrogens with one attached hydrogen (secondary N) is 1. The number of alkyl halides is 3. The molecule has 2 N–H and O–H groups in total. The van der Waals surface area contributed by atoms with Crippen LogP contribution in [-0.2, 0) is 22.0 Å². The number of fused-ring (bicyclic) bond motifs is 1. The van der Waals surface area contributed by atoms with E-state index in [-0.39, 0.29) is 34.0 Å². The Bertz CT molecular complexity index is 1550. The molecule has 0 radical (unpaired) electrons. The molecule has 1 unspecified atom stereocenters. The van der Waals surface area contributed by atoms with Crippen LogP contribution in [0.5, 0.6) is 0 Å². The Morgan fingerprint density at radius 3 is 2.33 bits per heavy atom. The van der Waals surface area contributed by atoms with Crippen molar-refractivity contribution >= 4 is 32.6 Å². The van der Waals surface area contributed by atoms with Gasteiger partial charge in [0.2, 0.25) is 5.60 Å². The molecule has 1 atom stereocenters. The number of hydrogen-bond acceptors (Lipinski definition) is 6. The third-order valence-electron chi connectivity index (χ3n) is 5.59. The van der Waals surface area contributed by atoms with Crippen molar-refractivity contribution in [3.05, 3.63) is 83.8 Å². The van der Waals surface area contributed by atoms with Crippen LogP contribution in [0.3, 0.4) is 0 Å². The van der Waals surface area contributed by atoms with Crippen molar-refractivity contribution < 1.29 is 31.5 Å². The second-order valence-electron chi connectivity index (χ2n) is 8.05. The van der Waals surface area contributed by atoms with Crippen LogP contribution in [0.15, 0.2) is 71.6 Å². The van der Waals surface area contributed by atoms with Crippen LogP contribution >= 0.6 is 0 Å². The maximum atomic E-state index is 14.3. The first kappa shape index (κ1) is 25.3. The highest BCUT2D eigenvalue weighted by Crippen LogP contribution is 2.44. The van der Waals surface area contributed by atoms with Crippen molar-refractivity contribution in [1.82, 2.24) is 14.5 Å². The number of aromatic nitrogens is 3. The van der Waals surface area contributed by atoms with E-state index in [0.717, 1.165) is 23.0 Å². The summed E-state index contributed by atoms with van der Waals surface area (Å²) in [5, 5.41) is 13.5. The molecule has 0 aliphatic rings. The molecule has 1 amide bonds. The van der Waals surface area contributed by atoms with Gasteiger partial charge < -0.3 is 15.0 Å². The van der Waals surface area contributed by atoms with E-state index in [2.05, 4.69) is 15.3 Å². The van der Waals surface area contributed by atoms with E-state index < -0.39 is 38.9 Å². The van der Waals surface area contributed by atoms with Gasteiger partial charge in [0.25, 0.3) is 5.91 Å². The minimum Gasteiger partial charge on any atom is -0.370 e. The maximum Gasteiger partial charge on any atom is 0.428 e. The Morgan fingerprint density at radius 1 is 1.03 bits per heavy atom. The summed E-state index contributed by atoms with van der Waals surface area (Å²) in [7, 11) is -3.50. The molecule has 2 aromatic carbocycles. The van der Waals surface area contributed by atoms with Crippen LogP contribution < -0.4 is 5.32 Å². The smallest absolute Gasteiger partial charge is 0.370 e. The molecule has 8 nitrogen and oxygen atoms in total. The molecule has 0 spiro atoms. The van der Waals surface area contributed by atoms with Crippen LogP contribution in [0.1, 0.15) is 28.8 Å². The zero-order valence-electron chi connectivity index (χ0n) is 19.1. The summed E-state index contributed by atoms with van der Waals surface area (Å²) in [6.07, 6.45) is -4.07. The first-order chi connectivity index (χ1) is 16.9. The number of carbonyl (C=O) groups excluding carboxylic acids is 1. The number of aryl methyl sites for hydroxylation is 1. The lowest BCUT2D eigenvalue weighted by molar-refractivity contribution is -0.252. The van der Waals surface area contributed by atoms with E-state index in [1.165, 1.54) is 54.6 Å². The summed E-state index contributed by atoms with van der Waals surface area (Å²) >= 11 is 0. The van der Waals surface area contributed by atoms with Gasteiger partial charge in [-0.1, -0.05) is 36.4 Å². The lowest BCUT2D eigenvalue weighted by Crippen LogP contribution is -2.45. The van der Waals surface area contributed by atoms with Crippen molar-refractivity contribution in [1.29, 1.82) is 0 Å². The van der Waals surface area contributed by atoms with Gasteiger partial charge in [0.1, 0.15) is 11.2 Å². The summed E-state index contributed by atoms with van der Waals surface area (Å²) in [4.78, 5) is 21.1. The lowest BCUT2D eigenvalue weighted by atomic mass is 9.92. The summed E-state index contributed by atoms with van der Waals surface area (Å²) in [5.74, 6) is -1.38. The van der Waals surface area contributed by atoms with Gasteiger partial charge in [0.05, 0.1) is 4.90 Å². The van der Waals surface area contributed by atoms with Gasteiger partial charge in [-0.2, -0.15) is 13.2 Å². The molecule has 0 fully saturated rings. The molecule has 0 saturated heterocycles. The van der Waals surface area contributed by atoms with E-state index in [4.69, 9.17) is 0 Å². The van der Waals surface area contributed by atoms with E-state index in [0.29, 0.717) is 0 Å². The Kier molecular flexibility index (Phi) is 6.35. The van der Waals surface area contributed by atoms with Gasteiger partial charge in [-0.15, -0.1) is 0 Å². The summed E-state index contributed by atoms with van der Waals surface area (Å²) in [5.41, 5.74) is -3.73. The summed E-state index contributed by atoms with van der Waals surface area (Å²) in [6.45, 7) is 1.54. The third-order valence-corrected chi connectivity index (χ3v) is 6.70. The van der Waals surface area contributed by atoms with Gasteiger partial charge in [-0.25, -0.2) is 18.4 Å². The van der Waals surface area contributed by atoms with E-state index in [1.807, 2.05) is 0 Å². The second-order valence-corrected chi connectivity index (χ2v) is 10.1. The maximum absolute atomic E-state index is 14.3. The minimum atomic E-state index is -5.10. The normalized spacial score (nSPS) is 13.9. The highest BCUT2D eigenvalue weighted by atomic mass is 32.2. The monoisotopic (exact) mass is 518 g/mol. The van der Waals surface area contributed by atoms with Crippen molar-refractivity contribution in [3.8, 4) is 0 Å². The van der Waals surface area contributed by atoms with E-state index in [9.17, 15) is 31.5 Å². The molecule has 0 aliphatic carbocycles. The number of nitrogens with zero attached hydrogens (tertiary/aromatic N) is 3. The SMILES string of the molecule is CCn1c(C(O)(c2ccccc2)C(F)(F)F)nc2ccc(C(=O)Nc3cccc(S(C)(=O)=O)c3)nc21. The third kappa shape index (κ3) is 4.44. The Hall–Kier alpha value is -3.77. The number of benzene rings is 2. The molecule has 2 aromatic heterocycles. The zero-order chi connectivity index (χ0) is 26.3. The molecule has 36 heavy (non-hydrogen) atoms. The highest BCUT2D eigenvalue weighted by Gasteiger charge is 2.59.